The Morgan fingerprint density at radius 1 is 1.32 bits per heavy atom. The molecule has 31 heavy (non-hydrogen) atoms. The molecule has 1 aromatic carbocycles. The van der Waals surface area contributed by atoms with Crippen LogP contribution >= 0.6 is 0 Å². The average molecular weight is 429 g/mol. The van der Waals surface area contributed by atoms with Crippen LogP contribution in [0.15, 0.2) is 36.7 Å². The number of imidazole rings is 1. The van der Waals surface area contributed by atoms with Crippen LogP contribution in [0.5, 0.6) is 0 Å². The summed E-state index contributed by atoms with van der Waals surface area (Å²) in [5.74, 6) is 1.17. The van der Waals surface area contributed by atoms with Gasteiger partial charge in [-0.2, -0.15) is 0 Å². The number of carbonyl (C=O) groups is 1. The summed E-state index contributed by atoms with van der Waals surface area (Å²) in [6.07, 6.45) is 8.36. The zero-order chi connectivity index (χ0) is 21.8. The lowest BCUT2D eigenvalue weighted by Gasteiger charge is -2.49. The molecule has 0 radical (unpaired) electrons. The van der Waals surface area contributed by atoms with Gasteiger partial charge in [0.25, 0.3) is 0 Å². The fourth-order valence-corrected chi connectivity index (χ4v) is 6.09. The minimum atomic E-state index is -0.729. The van der Waals surface area contributed by atoms with Crippen LogP contribution in [-0.4, -0.2) is 34.8 Å². The number of nitrogens with zero attached hydrogens (tertiary/aromatic N) is 2. The normalized spacial score (nSPS) is 24.1. The average Bonchev–Trinajstić information content (AvgIpc) is 3.41. The van der Waals surface area contributed by atoms with Crippen molar-refractivity contribution in [2.75, 3.05) is 13.1 Å². The van der Waals surface area contributed by atoms with Crippen molar-refractivity contribution in [1.29, 1.82) is 0 Å². The number of hydrogen-bond donors (Lipinski definition) is 2. The number of piperidine rings is 1. The van der Waals surface area contributed by atoms with E-state index in [1.807, 2.05) is 18.5 Å². The largest absolute Gasteiger partial charge is 0.446 e. The highest BCUT2D eigenvalue weighted by molar-refractivity contribution is 5.64. The Labute approximate surface area is 183 Å². The van der Waals surface area contributed by atoms with Crippen molar-refractivity contribution in [1.82, 2.24) is 14.9 Å². The first-order valence-electron chi connectivity index (χ1n) is 11.5. The second-order valence-corrected chi connectivity index (χ2v) is 8.91. The van der Waals surface area contributed by atoms with Gasteiger partial charge in [-0.1, -0.05) is 19.1 Å². The fourth-order valence-electron chi connectivity index (χ4n) is 6.09. The molecule has 0 unspecified atom stereocenters. The van der Waals surface area contributed by atoms with Gasteiger partial charge in [0.15, 0.2) is 0 Å². The number of halogens is 1. The zero-order valence-electron chi connectivity index (χ0n) is 18.2. The standard InChI is InChI=1S/C24H33FN4O2/c1-2-22-28-13-14-29(22)16-24(17-9-11-27-12-10-17,18-5-3-6-19(25)15-18)20-7-4-8-21(20)31-23(26)30/h3,5-6,13-15,17,20-21,27H,2,4,7-12,16H2,1H3,(H2,26,30)/t20-,21-,24-/m0/s1. The maximum Gasteiger partial charge on any atom is 0.404 e. The summed E-state index contributed by atoms with van der Waals surface area (Å²) in [6.45, 7) is 4.65. The zero-order valence-corrected chi connectivity index (χ0v) is 18.2. The Morgan fingerprint density at radius 3 is 2.84 bits per heavy atom. The van der Waals surface area contributed by atoms with Crippen LogP contribution in [0.2, 0.25) is 0 Å². The first-order valence-corrected chi connectivity index (χ1v) is 11.5. The molecular weight excluding hydrogens is 395 g/mol. The van der Waals surface area contributed by atoms with E-state index in [1.165, 1.54) is 6.07 Å². The third-order valence-electron chi connectivity index (χ3n) is 7.36. The van der Waals surface area contributed by atoms with Crippen molar-refractivity contribution in [2.24, 2.45) is 17.6 Å². The van der Waals surface area contributed by atoms with Gasteiger partial charge < -0.3 is 20.4 Å². The van der Waals surface area contributed by atoms with Gasteiger partial charge in [-0.15, -0.1) is 0 Å². The Balaban J connectivity index is 1.88. The quantitative estimate of drug-likeness (QED) is 0.703. The predicted octanol–water partition coefficient (Wildman–Crippen LogP) is 3.79. The van der Waals surface area contributed by atoms with E-state index in [4.69, 9.17) is 10.5 Å². The SMILES string of the molecule is CCc1nccn1C[C@@](c1cccc(F)c1)(C1CCNCC1)[C@H]1CCC[C@@H]1OC(N)=O. The lowest BCUT2D eigenvalue weighted by atomic mass is 9.58. The first kappa shape index (κ1) is 21.8. The topological polar surface area (TPSA) is 82.2 Å². The van der Waals surface area contributed by atoms with Gasteiger partial charge in [-0.25, -0.2) is 14.2 Å². The summed E-state index contributed by atoms with van der Waals surface area (Å²) in [6, 6.07) is 7.03. The van der Waals surface area contributed by atoms with Crippen molar-refractivity contribution < 1.29 is 13.9 Å². The van der Waals surface area contributed by atoms with Crippen LogP contribution in [0, 0.1) is 17.7 Å². The van der Waals surface area contributed by atoms with E-state index < -0.39 is 6.09 Å². The van der Waals surface area contributed by atoms with Crippen LogP contribution in [-0.2, 0) is 23.1 Å². The molecule has 0 bridgehead atoms. The van der Waals surface area contributed by atoms with Crippen LogP contribution in [0.1, 0.15) is 50.4 Å². The Kier molecular flexibility index (Phi) is 6.60. The minimum Gasteiger partial charge on any atom is -0.446 e. The molecule has 1 aromatic heterocycles. The van der Waals surface area contributed by atoms with E-state index in [-0.39, 0.29) is 23.3 Å². The molecule has 1 aliphatic heterocycles. The summed E-state index contributed by atoms with van der Waals surface area (Å²) in [7, 11) is 0. The smallest absolute Gasteiger partial charge is 0.404 e. The number of primary amides is 1. The van der Waals surface area contributed by atoms with Gasteiger partial charge in [-0.3, -0.25) is 0 Å². The predicted molar refractivity (Wildman–Crippen MR) is 117 cm³/mol. The van der Waals surface area contributed by atoms with E-state index in [2.05, 4.69) is 21.8 Å². The van der Waals surface area contributed by atoms with Crippen molar-refractivity contribution in [2.45, 2.75) is 63.5 Å². The Morgan fingerprint density at radius 2 is 2.13 bits per heavy atom. The molecule has 2 heterocycles. The lowest BCUT2D eigenvalue weighted by Crippen LogP contribution is -2.52. The number of hydrogen-bond acceptors (Lipinski definition) is 4. The van der Waals surface area contributed by atoms with E-state index in [0.29, 0.717) is 12.5 Å². The summed E-state index contributed by atoms with van der Waals surface area (Å²) < 4.78 is 22.4. The van der Waals surface area contributed by atoms with Gasteiger partial charge >= 0.3 is 6.09 Å². The van der Waals surface area contributed by atoms with E-state index >= 15 is 0 Å². The van der Waals surface area contributed by atoms with Crippen LogP contribution < -0.4 is 11.1 Å². The maximum absolute atomic E-state index is 14.5. The Hall–Kier alpha value is -2.41. The second-order valence-electron chi connectivity index (χ2n) is 8.91. The molecule has 2 fully saturated rings. The minimum absolute atomic E-state index is 0.0667. The van der Waals surface area contributed by atoms with Crippen LogP contribution in [0.25, 0.3) is 0 Å². The number of nitrogens with two attached hydrogens (primary N) is 1. The highest BCUT2D eigenvalue weighted by Crippen LogP contribution is 2.52. The molecule has 2 aliphatic rings. The molecule has 1 saturated carbocycles. The number of ether oxygens (including phenoxy) is 1. The monoisotopic (exact) mass is 428 g/mol. The molecule has 1 amide bonds. The van der Waals surface area contributed by atoms with Crippen molar-refractivity contribution in [3.05, 3.63) is 53.9 Å². The van der Waals surface area contributed by atoms with E-state index in [9.17, 15) is 9.18 Å². The molecule has 1 saturated heterocycles. The van der Waals surface area contributed by atoms with Crippen molar-refractivity contribution in [3.8, 4) is 0 Å². The molecule has 3 atom stereocenters. The van der Waals surface area contributed by atoms with Gasteiger partial charge in [0.1, 0.15) is 17.7 Å². The van der Waals surface area contributed by atoms with Gasteiger partial charge in [0, 0.05) is 36.7 Å². The highest BCUT2D eigenvalue weighted by atomic mass is 19.1. The third-order valence-corrected chi connectivity index (χ3v) is 7.36. The van der Waals surface area contributed by atoms with E-state index in [1.54, 1.807) is 12.1 Å². The van der Waals surface area contributed by atoms with Crippen LogP contribution in [0.3, 0.4) is 0 Å². The number of amides is 1. The van der Waals surface area contributed by atoms with Gasteiger partial charge in [-0.05, 0) is 68.8 Å². The van der Waals surface area contributed by atoms with Gasteiger partial charge in [0.2, 0.25) is 0 Å². The molecule has 7 heteroatoms. The van der Waals surface area contributed by atoms with Gasteiger partial charge in [0.05, 0.1) is 0 Å². The number of rotatable bonds is 7. The molecule has 0 spiro atoms. The molecule has 168 valence electrons. The van der Waals surface area contributed by atoms with Crippen molar-refractivity contribution >= 4 is 6.09 Å². The molecule has 6 nitrogen and oxygen atoms in total. The summed E-state index contributed by atoms with van der Waals surface area (Å²) in [4.78, 5) is 16.3. The number of nitrogens with one attached hydrogen (secondary N) is 1. The Bertz CT molecular complexity index is 895. The number of carbonyl (C=O) groups excluding carboxylic acids is 1. The molecular formula is C24H33FN4O2. The molecule has 3 N–H and O–H groups in total. The molecule has 2 aromatic rings. The summed E-state index contributed by atoms with van der Waals surface area (Å²) in [5, 5.41) is 3.47. The molecule has 4 rings (SSSR count). The molecule has 1 aliphatic carbocycles. The van der Waals surface area contributed by atoms with Crippen LogP contribution in [0.4, 0.5) is 9.18 Å². The van der Waals surface area contributed by atoms with E-state index in [0.717, 1.165) is 63.0 Å². The number of aryl methyl sites for hydroxylation is 1. The second kappa shape index (κ2) is 9.39. The highest BCUT2D eigenvalue weighted by Gasteiger charge is 2.52. The maximum atomic E-state index is 14.5. The first-order chi connectivity index (χ1) is 15.0. The fraction of sp³-hybridized carbons (Fsp3) is 0.583. The summed E-state index contributed by atoms with van der Waals surface area (Å²) in [5.41, 5.74) is 6.06. The third kappa shape index (κ3) is 4.33. The lowest BCUT2D eigenvalue weighted by molar-refractivity contribution is 0.0159. The summed E-state index contributed by atoms with van der Waals surface area (Å²) >= 11 is 0. The number of aromatic nitrogens is 2. The van der Waals surface area contributed by atoms with Crippen molar-refractivity contribution in [3.63, 3.8) is 0 Å². The number of benzene rings is 1.